The van der Waals surface area contributed by atoms with Crippen LogP contribution in [0.5, 0.6) is 0 Å². The van der Waals surface area contributed by atoms with Crippen molar-refractivity contribution in [3.63, 3.8) is 0 Å². The lowest BCUT2D eigenvalue weighted by Crippen LogP contribution is -2.29. The topological polar surface area (TPSA) is 74.8 Å². The highest BCUT2D eigenvalue weighted by atomic mass is 16.2. The molecule has 1 aliphatic heterocycles. The molecule has 25 heavy (non-hydrogen) atoms. The fourth-order valence-corrected chi connectivity index (χ4v) is 3.24. The molecule has 3 heterocycles. The standard InChI is InChI=1S/C19H19N5O/c25-19(16-6-9-20-10-7-16)24-11-8-14(13-24)12-17-21-18(23-22-17)15-4-2-1-3-5-15/h1-7,9-10,14H,8,11-13H2,(H,21,22,23). The molecule has 3 aromatic rings. The van der Waals surface area contributed by atoms with Crippen molar-refractivity contribution in [3.8, 4) is 11.4 Å². The number of carbonyl (C=O) groups excluding carboxylic acids is 1. The van der Waals surface area contributed by atoms with Crippen LogP contribution in [0.15, 0.2) is 54.9 Å². The third kappa shape index (κ3) is 3.42. The number of likely N-dealkylation sites (tertiary alicyclic amines) is 1. The van der Waals surface area contributed by atoms with Gasteiger partial charge in [-0.15, -0.1) is 0 Å². The van der Waals surface area contributed by atoms with E-state index in [1.807, 2.05) is 35.2 Å². The minimum atomic E-state index is 0.0763. The van der Waals surface area contributed by atoms with E-state index in [1.165, 1.54) is 0 Å². The predicted octanol–water partition coefficient (Wildman–Crippen LogP) is 2.57. The molecule has 0 spiro atoms. The van der Waals surface area contributed by atoms with E-state index in [-0.39, 0.29) is 5.91 Å². The molecule has 6 nitrogen and oxygen atoms in total. The summed E-state index contributed by atoms with van der Waals surface area (Å²) in [6, 6.07) is 13.5. The van der Waals surface area contributed by atoms with E-state index in [0.717, 1.165) is 43.1 Å². The van der Waals surface area contributed by atoms with Gasteiger partial charge in [-0.05, 0) is 24.5 Å². The highest BCUT2D eigenvalue weighted by Crippen LogP contribution is 2.22. The summed E-state index contributed by atoms with van der Waals surface area (Å²) in [5.41, 5.74) is 1.70. The van der Waals surface area contributed by atoms with Gasteiger partial charge in [0.15, 0.2) is 5.82 Å². The molecule has 1 N–H and O–H groups in total. The van der Waals surface area contributed by atoms with E-state index in [1.54, 1.807) is 24.5 Å². The summed E-state index contributed by atoms with van der Waals surface area (Å²) < 4.78 is 0. The molecule has 1 aliphatic rings. The van der Waals surface area contributed by atoms with Gasteiger partial charge in [-0.25, -0.2) is 4.98 Å². The Morgan fingerprint density at radius 3 is 2.76 bits per heavy atom. The van der Waals surface area contributed by atoms with Crippen LogP contribution < -0.4 is 0 Å². The summed E-state index contributed by atoms with van der Waals surface area (Å²) in [4.78, 5) is 23.0. The van der Waals surface area contributed by atoms with Crippen molar-refractivity contribution in [1.82, 2.24) is 25.1 Å². The van der Waals surface area contributed by atoms with Crippen molar-refractivity contribution in [2.45, 2.75) is 12.8 Å². The lowest BCUT2D eigenvalue weighted by atomic mass is 10.0. The maximum Gasteiger partial charge on any atom is 0.253 e. The van der Waals surface area contributed by atoms with Crippen molar-refractivity contribution in [1.29, 1.82) is 0 Å². The van der Waals surface area contributed by atoms with Gasteiger partial charge in [-0.2, -0.15) is 5.10 Å². The van der Waals surface area contributed by atoms with Gasteiger partial charge in [0, 0.05) is 43.0 Å². The van der Waals surface area contributed by atoms with Crippen molar-refractivity contribution in [2.75, 3.05) is 13.1 Å². The average Bonchev–Trinajstić information content (AvgIpc) is 3.33. The van der Waals surface area contributed by atoms with E-state index >= 15 is 0 Å². The van der Waals surface area contributed by atoms with Crippen molar-refractivity contribution < 1.29 is 4.79 Å². The van der Waals surface area contributed by atoms with Crippen LogP contribution in [0.4, 0.5) is 0 Å². The molecule has 126 valence electrons. The molecule has 0 bridgehead atoms. The molecule has 2 aromatic heterocycles. The summed E-state index contributed by atoms with van der Waals surface area (Å²) in [6.07, 6.45) is 5.10. The Bertz CT molecular complexity index is 847. The smallest absolute Gasteiger partial charge is 0.253 e. The number of H-pyrrole nitrogens is 1. The van der Waals surface area contributed by atoms with Crippen molar-refractivity contribution >= 4 is 5.91 Å². The number of hydrogen-bond acceptors (Lipinski definition) is 4. The number of carbonyl (C=O) groups is 1. The third-order valence-corrected chi connectivity index (χ3v) is 4.55. The maximum absolute atomic E-state index is 12.5. The Labute approximate surface area is 145 Å². The molecule has 1 amide bonds. The highest BCUT2D eigenvalue weighted by molar-refractivity contribution is 5.94. The number of rotatable bonds is 4. The normalized spacial score (nSPS) is 17.0. The van der Waals surface area contributed by atoms with Crippen LogP contribution in [0, 0.1) is 5.92 Å². The Morgan fingerprint density at radius 1 is 1.16 bits per heavy atom. The number of aromatic amines is 1. The number of benzene rings is 1. The first kappa shape index (κ1) is 15.5. The number of aromatic nitrogens is 4. The highest BCUT2D eigenvalue weighted by Gasteiger charge is 2.27. The second-order valence-electron chi connectivity index (χ2n) is 6.32. The fraction of sp³-hybridized carbons (Fsp3) is 0.263. The molecule has 1 aromatic carbocycles. The summed E-state index contributed by atoms with van der Waals surface area (Å²) in [5, 5.41) is 7.34. The molecule has 0 aliphatic carbocycles. The van der Waals surface area contributed by atoms with Crippen molar-refractivity contribution in [2.24, 2.45) is 5.92 Å². The summed E-state index contributed by atoms with van der Waals surface area (Å²) in [7, 11) is 0. The SMILES string of the molecule is O=C(c1ccncc1)N1CCC(Cc2nc(-c3ccccc3)n[nH]2)C1. The summed E-state index contributed by atoms with van der Waals surface area (Å²) in [5.74, 6) is 2.08. The van der Waals surface area contributed by atoms with E-state index < -0.39 is 0 Å². The van der Waals surface area contributed by atoms with Gasteiger partial charge in [-0.3, -0.25) is 14.9 Å². The second kappa shape index (κ2) is 6.84. The lowest BCUT2D eigenvalue weighted by molar-refractivity contribution is 0.0787. The quantitative estimate of drug-likeness (QED) is 0.796. The molecule has 1 atom stereocenters. The Balaban J connectivity index is 1.39. The maximum atomic E-state index is 12.5. The molecular formula is C19H19N5O. The zero-order valence-corrected chi connectivity index (χ0v) is 13.8. The fourth-order valence-electron chi connectivity index (χ4n) is 3.24. The number of amides is 1. The summed E-state index contributed by atoms with van der Waals surface area (Å²) in [6.45, 7) is 1.54. The average molecular weight is 333 g/mol. The first-order valence-corrected chi connectivity index (χ1v) is 8.45. The van der Waals surface area contributed by atoms with Crippen LogP contribution >= 0.6 is 0 Å². The largest absolute Gasteiger partial charge is 0.338 e. The number of pyridine rings is 1. The van der Waals surface area contributed by atoms with Crippen molar-refractivity contribution in [3.05, 3.63) is 66.2 Å². The molecule has 1 saturated heterocycles. The van der Waals surface area contributed by atoms with Gasteiger partial charge >= 0.3 is 0 Å². The van der Waals surface area contributed by atoms with Crippen LogP contribution in [-0.4, -0.2) is 44.1 Å². The first-order valence-electron chi connectivity index (χ1n) is 8.45. The monoisotopic (exact) mass is 333 g/mol. The predicted molar refractivity (Wildman–Crippen MR) is 93.8 cm³/mol. The van der Waals surface area contributed by atoms with E-state index in [2.05, 4.69) is 20.2 Å². The zero-order chi connectivity index (χ0) is 17.1. The second-order valence-corrected chi connectivity index (χ2v) is 6.32. The number of nitrogens with one attached hydrogen (secondary N) is 1. The van der Waals surface area contributed by atoms with Gasteiger partial charge in [0.25, 0.3) is 5.91 Å². The third-order valence-electron chi connectivity index (χ3n) is 4.55. The van der Waals surface area contributed by atoms with Gasteiger partial charge in [0.1, 0.15) is 5.82 Å². The molecule has 0 radical (unpaired) electrons. The van der Waals surface area contributed by atoms with Crippen LogP contribution in [0.25, 0.3) is 11.4 Å². The first-order chi connectivity index (χ1) is 12.3. The molecule has 1 fully saturated rings. The van der Waals surface area contributed by atoms with Gasteiger partial charge in [0.05, 0.1) is 0 Å². The van der Waals surface area contributed by atoms with Crippen LogP contribution in [0.2, 0.25) is 0 Å². The molecule has 1 unspecified atom stereocenters. The van der Waals surface area contributed by atoms with Gasteiger partial charge < -0.3 is 4.90 Å². The Hall–Kier alpha value is -3.02. The van der Waals surface area contributed by atoms with Crippen LogP contribution in [0.1, 0.15) is 22.6 Å². The Kier molecular flexibility index (Phi) is 4.24. The minimum Gasteiger partial charge on any atom is -0.338 e. The summed E-state index contributed by atoms with van der Waals surface area (Å²) >= 11 is 0. The van der Waals surface area contributed by atoms with E-state index in [4.69, 9.17) is 0 Å². The minimum absolute atomic E-state index is 0.0763. The van der Waals surface area contributed by atoms with Gasteiger partial charge in [0.2, 0.25) is 0 Å². The molecule has 4 rings (SSSR count). The zero-order valence-electron chi connectivity index (χ0n) is 13.8. The van der Waals surface area contributed by atoms with E-state index in [9.17, 15) is 4.79 Å². The Morgan fingerprint density at radius 2 is 1.96 bits per heavy atom. The molecule has 0 saturated carbocycles. The number of hydrogen-bond donors (Lipinski definition) is 1. The van der Waals surface area contributed by atoms with Gasteiger partial charge in [-0.1, -0.05) is 30.3 Å². The van der Waals surface area contributed by atoms with Crippen LogP contribution in [0.3, 0.4) is 0 Å². The molecule has 6 heteroatoms. The van der Waals surface area contributed by atoms with Crippen LogP contribution in [-0.2, 0) is 6.42 Å². The van der Waals surface area contributed by atoms with E-state index in [0.29, 0.717) is 11.5 Å². The molecular weight excluding hydrogens is 314 g/mol. The number of nitrogens with zero attached hydrogens (tertiary/aromatic N) is 4. The lowest BCUT2D eigenvalue weighted by Gasteiger charge is -2.16.